The van der Waals surface area contributed by atoms with Gasteiger partial charge in [-0.3, -0.25) is 34.7 Å². The molecule has 8 heteroatoms. The molecule has 2 saturated heterocycles. The monoisotopic (exact) mass is 510 g/mol. The average Bonchev–Trinajstić information content (AvgIpc) is 3.20. The summed E-state index contributed by atoms with van der Waals surface area (Å²) in [5.74, 6) is -1.34. The molecule has 0 saturated carbocycles. The van der Waals surface area contributed by atoms with Crippen molar-refractivity contribution in [1.29, 1.82) is 5.26 Å². The van der Waals surface area contributed by atoms with Crippen LogP contribution < -0.4 is 10.6 Å². The number of nitrogens with zero attached hydrogens (tertiary/aromatic N) is 2. The van der Waals surface area contributed by atoms with E-state index in [0.29, 0.717) is 25.7 Å². The van der Waals surface area contributed by atoms with Gasteiger partial charge in [0, 0.05) is 5.57 Å². The van der Waals surface area contributed by atoms with Crippen LogP contribution in [0.2, 0.25) is 0 Å². The van der Waals surface area contributed by atoms with Gasteiger partial charge >= 0.3 is 11.4 Å². The summed E-state index contributed by atoms with van der Waals surface area (Å²) < 4.78 is 0. The number of hydrogen-bond donors (Lipinski definition) is 2. The second kappa shape index (κ2) is 9.92. The zero-order chi connectivity index (χ0) is 27.6. The normalized spacial score (nSPS) is 36.1. The summed E-state index contributed by atoms with van der Waals surface area (Å²) in [6.07, 6.45) is 26.5. The Kier molecular flexibility index (Phi) is 7.00. The maximum absolute atomic E-state index is 12.3. The number of carbonyl (C=O) groups excluding carboxylic acids is 4. The van der Waals surface area contributed by atoms with Crippen molar-refractivity contribution in [2.75, 3.05) is 0 Å². The second-order valence-corrected chi connectivity index (χ2v) is 10.5. The van der Waals surface area contributed by atoms with E-state index in [-0.39, 0.29) is 11.8 Å². The van der Waals surface area contributed by atoms with Crippen LogP contribution in [0.1, 0.15) is 64.2 Å². The SMILES string of the molecule is C#C.N#CC12CC=CC[C@]3(CCCC=C13)C(=O)NC2=O.[C-]#[N+][C@@]12CC=CC[C@]3(CCCC=C31)C(=O)NC2=O. The lowest BCUT2D eigenvalue weighted by Gasteiger charge is -2.45. The number of terminal acetylenes is 1. The number of piperidine rings is 2. The molecule has 38 heavy (non-hydrogen) atoms. The Morgan fingerprint density at radius 2 is 1.26 bits per heavy atom. The largest absolute Gasteiger partial charge is 0.334 e. The highest BCUT2D eigenvalue weighted by atomic mass is 16.2. The van der Waals surface area contributed by atoms with Crippen LogP contribution >= 0.6 is 0 Å². The molecule has 8 nitrogen and oxygen atoms in total. The molecular formula is C30H30N4O4. The fourth-order valence-electron chi connectivity index (χ4n) is 6.89. The third kappa shape index (κ3) is 3.57. The number of imide groups is 2. The highest BCUT2D eigenvalue weighted by Crippen LogP contribution is 2.55. The lowest BCUT2D eigenvalue weighted by Crippen LogP contribution is -2.62. The Hall–Kier alpha value is -4.22. The van der Waals surface area contributed by atoms with Crippen LogP contribution in [-0.2, 0) is 19.2 Å². The minimum absolute atomic E-state index is 0.218. The predicted molar refractivity (Wildman–Crippen MR) is 139 cm³/mol. The predicted octanol–water partition coefficient (Wildman–Crippen LogP) is 3.60. The fraction of sp³-hybridized carbons (Fsp3) is 0.467. The molecule has 194 valence electrons. The number of rotatable bonds is 0. The summed E-state index contributed by atoms with van der Waals surface area (Å²) in [4.78, 5) is 52.5. The van der Waals surface area contributed by atoms with E-state index < -0.39 is 33.6 Å². The number of hydrogen-bond acceptors (Lipinski definition) is 5. The van der Waals surface area contributed by atoms with E-state index in [1.54, 1.807) is 0 Å². The molecule has 1 unspecified atom stereocenters. The lowest BCUT2D eigenvalue weighted by atomic mass is 9.58. The molecule has 0 aromatic heterocycles. The Morgan fingerprint density at radius 1 is 0.763 bits per heavy atom. The molecular weight excluding hydrogens is 480 g/mol. The van der Waals surface area contributed by atoms with Crippen LogP contribution in [0.5, 0.6) is 0 Å². The van der Waals surface area contributed by atoms with E-state index in [0.717, 1.165) is 49.7 Å². The second-order valence-electron chi connectivity index (χ2n) is 10.5. The third-order valence-corrected chi connectivity index (χ3v) is 8.82. The van der Waals surface area contributed by atoms with Gasteiger partial charge in [-0.05, 0) is 63.4 Å². The number of amides is 4. The molecule has 6 aliphatic rings. The molecule has 4 amide bonds. The minimum Gasteiger partial charge on any atom is -0.294 e. The molecule has 4 aliphatic carbocycles. The molecule has 4 atom stereocenters. The van der Waals surface area contributed by atoms with E-state index in [1.807, 2.05) is 36.5 Å². The van der Waals surface area contributed by atoms with Gasteiger partial charge in [0.05, 0.1) is 23.3 Å². The maximum atomic E-state index is 12.3. The summed E-state index contributed by atoms with van der Waals surface area (Å²) in [6, 6.07) is 2.17. The van der Waals surface area contributed by atoms with Gasteiger partial charge in [-0.15, -0.1) is 12.8 Å². The Bertz CT molecular complexity index is 1220. The summed E-state index contributed by atoms with van der Waals surface area (Å²) in [5, 5.41) is 14.4. The van der Waals surface area contributed by atoms with Crippen molar-refractivity contribution >= 4 is 23.6 Å². The van der Waals surface area contributed by atoms with Crippen LogP contribution in [0, 0.1) is 47.0 Å². The topological polar surface area (TPSA) is 120 Å². The molecule has 4 bridgehead atoms. The number of nitriles is 1. The quantitative estimate of drug-likeness (QED) is 0.223. The first-order valence-corrected chi connectivity index (χ1v) is 12.9. The van der Waals surface area contributed by atoms with Crippen molar-refractivity contribution < 1.29 is 19.2 Å². The molecule has 2 heterocycles. The maximum Gasteiger partial charge on any atom is 0.334 e. The zero-order valence-electron chi connectivity index (χ0n) is 21.2. The van der Waals surface area contributed by atoms with Crippen LogP contribution in [0.15, 0.2) is 47.6 Å². The molecule has 0 spiro atoms. The molecule has 0 aromatic carbocycles. The van der Waals surface area contributed by atoms with Crippen molar-refractivity contribution in [2.45, 2.75) is 69.7 Å². The molecule has 6 rings (SSSR count). The van der Waals surface area contributed by atoms with Crippen molar-refractivity contribution in [3.05, 3.63) is 59.0 Å². The van der Waals surface area contributed by atoms with Crippen molar-refractivity contribution in [3.63, 3.8) is 0 Å². The van der Waals surface area contributed by atoms with Gasteiger partial charge in [0.1, 0.15) is 0 Å². The van der Waals surface area contributed by atoms with Crippen molar-refractivity contribution in [1.82, 2.24) is 10.6 Å². The zero-order valence-corrected chi connectivity index (χ0v) is 21.2. The van der Waals surface area contributed by atoms with Gasteiger partial charge in [0.2, 0.25) is 11.8 Å². The first kappa shape index (κ1) is 26.8. The lowest BCUT2D eigenvalue weighted by molar-refractivity contribution is -0.144. The minimum atomic E-state index is -1.18. The van der Waals surface area contributed by atoms with Gasteiger partial charge in [0.25, 0.3) is 5.91 Å². The Labute approximate surface area is 222 Å². The van der Waals surface area contributed by atoms with Gasteiger partial charge in [0.15, 0.2) is 5.41 Å². The molecule has 2 fully saturated rings. The van der Waals surface area contributed by atoms with Crippen LogP contribution in [0.3, 0.4) is 0 Å². The highest BCUT2D eigenvalue weighted by molar-refractivity contribution is 6.11. The average molecular weight is 511 g/mol. The van der Waals surface area contributed by atoms with Gasteiger partial charge in [-0.2, -0.15) is 5.26 Å². The molecule has 0 radical (unpaired) electrons. The Morgan fingerprint density at radius 3 is 1.84 bits per heavy atom. The van der Waals surface area contributed by atoms with E-state index in [9.17, 15) is 24.4 Å². The van der Waals surface area contributed by atoms with Gasteiger partial charge in [-0.1, -0.05) is 36.5 Å². The fourth-order valence-corrected chi connectivity index (χ4v) is 6.89. The summed E-state index contributed by atoms with van der Waals surface area (Å²) in [5.41, 5.74) is -2.14. The molecule has 2 aliphatic heterocycles. The summed E-state index contributed by atoms with van der Waals surface area (Å²) in [7, 11) is 0. The van der Waals surface area contributed by atoms with Gasteiger partial charge in [-0.25, -0.2) is 6.57 Å². The Balaban J connectivity index is 0.000000166. The highest BCUT2D eigenvalue weighted by Gasteiger charge is 2.64. The number of allylic oxidation sites excluding steroid dienone is 5. The number of carbonyl (C=O) groups is 4. The first-order chi connectivity index (χ1) is 18.3. The van der Waals surface area contributed by atoms with Crippen LogP contribution in [0.4, 0.5) is 0 Å². The first-order valence-electron chi connectivity index (χ1n) is 12.9. The van der Waals surface area contributed by atoms with E-state index >= 15 is 0 Å². The summed E-state index contributed by atoms with van der Waals surface area (Å²) >= 11 is 0. The molecule has 0 aromatic rings. The van der Waals surface area contributed by atoms with Crippen LogP contribution in [0.25, 0.3) is 4.85 Å². The smallest absolute Gasteiger partial charge is 0.294 e. The standard InChI is InChI=1S/2C14H14N2O2.C2H2/c1-15-14-9-5-4-8-13(11(17)16-12(14)18)7-3-2-6-10(13)14;15-9-14-8-4-3-7-13(11(17)16-12(14)18)6-2-1-5-10(13)14;1-2/h4-6H,2-3,7-9H2,(H,16,17,18);3-5H,1-2,6-8H2,(H,16,17,18);1-2H/t13-,14-;13-,14?;/m00./s1. The number of nitrogens with one attached hydrogen (secondary N) is 2. The summed E-state index contributed by atoms with van der Waals surface area (Å²) in [6.45, 7) is 7.46. The van der Waals surface area contributed by atoms with Crippen LogP contribution in [-0.4, -0.2) is 29.2 Å². The third-order valence-electron chi connectivity index (χ3n) is 8.82. The van der Waals surface area contributed by atoms with E-state index in [4.69, 9.17) is 6.57 Å². The van der Waals surface area contributed by atoms with E-state index in [1.165, 1.54) is 0 Å². The molecule has 2 N–H and O–H groups in total. The van der Waals surface area contributed by atoms with Crippen molar-refractivity contribution in [2.24, 2.45) is 16.2 Å². The van der Waals surface area contributed by atoms with Crippen molar-refractivity contribution in [3.8, 4) is 18.9 Å². The van der Waals surface area contributed by atoms with E-state index in [2.05, 4.69) is 34.4 Å². The van der Waals surface area contributed by atoms with Gasteiger partial charge < -0.3 is 0 Å².